The Hall–Kier alpha value is -3.81. The van der Waals surface area contributed by atoms with E-state index in [9.17, 15) is 14.0 Å². The number of aromatic nitrogens is 4. The van der Waals surface area contributed by atoms with Gasteiger partial charge in [0.25, 0.3) is 5.56 Å². The normalized spacial score (nSPS) is 10.9. The van der Waals surface area contributed by atoms with Crippen LogP contribution in [0.3, 0.4) is 0 Å². The Morgan fingerprint density at radius 3 is 2.57 bits per heavy atom. The number of hydrogen-bond acceptors (Lipinski definition) is 4. The number of nitrogens with zero attached hydrogens (tertiary/aromatic N) is 4. The molecule has 7 nitrogen and oxygen atoms in total. The van der Waals surface area contributed by atoms with Crippen molar-refractivity contribution in [1.82, 2.24) is 19.3 Å². The minimum absolute atomic E-state index is 0.133. The molecule has 0 atom stereocenters. The van der Waals surface area contributed by atoms with Gasteiger partial charge in [-0.15, -0.1) is 0 Å². The van der Waals surface area contributed by atoms with E-state index in [0.717, 1.165) is 0 Å². The van der Waals surface area contributed by atoms with Gasteiger partial charge in [0.15, 0.2) is 5.65 Å². The molecule has 0 radical (unpaired) electrons. The van der Waals surface area contributed by atoms with Crippen molar-refractivity contribution in [1.29, 1.82) is 0 Å². The predicted octanol–water partition coefficient (Wildman–Crippen LogP) is 2.75. The molecular formula is C20H16FN5O2. The average molecular weight is 377 g/mol. The number of benzene rings is 2. The second-order valence-electron chi connectivity index (χ2n) is 6.18. The van der Waals surface area contributed by atoms with Gasteiger partial charge in [-0.1, -0.05) is 18.2 Å². The fourth-order valence-corrected chi connectivity index (χ4v) is 2.85. The van der Waals surface area contributed by atoms with E-state index in [4.69, 9.17) is 0 Å². The topological polar surface area (TPSA) is 81.8 Å². The van der Waals surface area contributed by atoms with Crippen LogP contribution in [0.5, 0.6) is 0 Å². The summed E-state index contributed by atoms with van der Waals surface area (Å²) < 4.78 is 16.0. The Morgan fingerprint density at radius 1 is 1.07 bits per heavy atom. The molecule has 1 amide bonds. The van der Waals surface area contributed by atoms with Crippen LogP contribution in [0.2, 0.25) is 0 Å². The fraction of sp³-hybridized carbons (Fsp3) is 0.100. The van der Waals surface area contributed by atoms with E-state index in [1.807, 2.05) is 18.2 Å². The highest BCUT2D eigenvalue weighted by Gasteiger charge is 2.12. The first-order valence-corrected chi connectivity index (χ1v) is 8.66. The summed E-state index contributed by atoms with van der Waals surface area (Å²) in [6.07, 6.45) is 2.95. The maximum Gasteiger partial charge on any atom is 0.264 e. The van der Waals surface area contributed by atoms with Crippen molar-refractivity contribution in [3.05, 3.63) is 83.3 Å². The van der Waals surface area contributed by atoms with Crippen molar-refractivity contribution in [2.24, 2.45) is 0 Å². The molecule has 0 aliphatic carbocycles. The summed E-state index contributed by atoms with van der Waals surface area (Å²) in [6.45, 7) is 0.197. The van der Waals surface area contributed by atoms with Crippen LogP contribution in [0.4, 0.5) is 10.1 Å². The van der Waals surface area contributed by atoms with Gasteiger partial charge in [0.1, 0.15) is 11.2 Å². The molecule has 0 spiro atoms. The molecule has 1 N–H and O–H groups in total. The first-order valence-electron chi connectivity index (χ1n) is 8.66. The number of carbonyl (C=O) groups excluding carboxylic acids is 1. The first-order chi connectivity index (χ1) is 13.6. The lowest BCUT2D eigenvalue weighted by molar-refractivity contribution is -0.116. The summed E-state index contributed by atoms with van der Waals surface area (Å²) in [6, 6.07) is 14.9. The number of fused-ring (bicyclic) bond motifs is 1. The fourth-order valence-electron chi connectivity index (χ4n) is 2.85. The highest BCUT2D eigenvalue weighted by atomic mass is 19.1. The van der Waals surface area contributed by atoms with E-state index < -0.39 is 0 Å². The van der Waals surface area contributed by atoms with E-state index in [1.54, 1.807) is 24.3 Å². The molecule has 0 aliphatic heterocycles. The van der Waals surface area contributed by atoms with Crippen molar-refractivity contribution in [3.8, 4) is 5.69 Å². The largest absolute Gasteiger partial charge is 0.326 e. The van der Waals surface area contributed by atoms with Gasteiger partial charge in [0.05, 0.1) is 18.2 Å². The maximum absolute atomic E-state index is 13.1. The van der Waals surface area contributed by atoms with E-state index >= 15 is 0 Å². The van der Waals surface area contributed by atoms with Crippen LogP contribution in [0.1, 0.15) is 6.42 Å². The SMILES string of the molecule is O=C(CCn1cnc2c(cnn2-c2ccc(F)cc2)c1=O)Nc1ccccc1. The van der Waals surface area contributed by atoms with Gasteiger partial charge in [-0.3, -0.25) is 14.2 Å². The van der Waals surface area contributed by atoms with Crippen LogP contribution in [-0.2, 0) is 11.3 Å². The predicted molar refractivity (Wildman–Crippen MR) is 103 cm³/mol. The summed E-state index contributed by atoms with van der Waals surface area (Å²) in [7, 11) is 0. The van der Waals surface area contributed by atoms with Gasteiger partial charge in [-0.2, -0.15) is 5.10 Å². The molecule has 2 aromatic carbocycles. The Labute approximate surface area is 159 Å². The smallest absolute Gasteiger partial charge is 0.264 e. The third kappa shape index (κ3) is 3.52. The molecule has 0 unspecified atom stereocenters. The van der Waals surface area contributed by atoms with E-state index in [-0.39, 0.29) is 30.2 Å². The number of hydrogen-bond donors (Lipinski definition) is 1. The van der Waals surface area contributed by atoms with Gasteiger partial charge in [-0.05, 0) is 36.4 Å². The monoisotopic (exact) mass is 377 g/mol. The minimum atomic E-state index is -0.357. The first kappa shape index (κ1) is 17.6. The third-order valence-corrected chi connectivity index (χ3v) is 4.26. The molecular weight excluding hydrogens is 361 g/mol. The molecule has 140 valence electrons. The molecule has 2 aromatic heterocycles. The number of anilines is 1. The number of para-hydroxylation sites is 1. The lowest BCUT2D eigenvalue weighted by atomic mass is 10.3. The molecule has 28 heavy (non-hydrogen) atoms. The molecule has 0 saturated heterocycles. The standard InChI is InChI=1S/C20H16FN5O2/c21-14-6-8-16(9-7-14)26-19-17(12-23-26)20(28)25(13-22-19)11-10-18(27)24-15-4-2-1-3-5-15/h1-9,12-13H,10-11H2,(H,24,27). The second kappa shape index (κ2) is 7.43. The van der Waals surface area contributed by atoms with Crippen molar-refractivity contribution in [2.45, 2.75) is 13.0 Å². The molecule has 4 aromatic rings. The van der Waals surface area contributed by atoms with Gasteiger partial charge in [0.2, 0.25) is 5.91 Å². The van der Waals surface area contributed by atoms with Crippen LogP contribution in [0.15, 0.2) is 71.9 Å². The van der Waals surface area contributed by atoms with E-state index in [2.05, 4.69) is 15.4 Å². The number of amides is 1. The molecule has 0 fully saturated rings. The highest BCUT2D eigenvalue weighted by molar-refractivity contribution is 5.90. The quantitative estimate of drug-likeness (QED) is 0.580. The zero-order valence-corrected chi connectivity index (χ0v) is 14.7. The summed E-state index contributed by atoms with van der Waals surface area (Å²) in [5.41, 5.74) is 1.39. The lowest BCUT2D eigenvalue weighted by Crippen LogP contribution is -2.23. The van der Waals surface area contributed by atoms with Gasteiger partial charge in [-0.25, -0.2) is 14.1 Å². The van der Waals surface area contributed by atoms with Gasteiger partial charge < -0.3 is 5.32 Å². The van der Waals surface area contributed by atoms with Crippen LogP contribution < -0.4 is 10.9 Å². The number of rotatable bonds is 5. The van der Waals surface area contributed by atoms with E-state index in [1.165, 1.54) is 33.9 Å². The van der Waals surface area contributed by atoms with Crippen molar-refractivity contribution < 1.29 is 9.18 Å². The zero-order chi connectivity index (χ0) is 19.5. The molecule has 8 heteroatoms. The average Bonchev–Trinajstić information content (AvgIpc) is 3.14. The zero-order valence-electron chi connectivity index (χ0n) is 14.7. The Morgan fingerprint density at radius 2 is 1.82 bits per heavy atom. The van der Waals surface area contributed by atoms with Crippen molar-refractivity contribution in [3.63, 3.8) is 0 Å². The van der Waals surface area contributed by atoms with Crippen LogP contribution in [0.25, 0.3) is 16.7 Å². The summed E-state index contributed by atoms with van der Waals surface area (Å²) in [4.78, 5) is 29.1. The van der Waals surface area contributed by atoms with Crippen molar-refractivity contribution >= 4 is 22.6 Å². The Bertz CT molecular complexity index is 1180. The van der Waals surface area contributed by atoms with Crippen LogP contribution >= 0.6 is 0 Å². The van der Waals surface area contributed by atoms with Gasteiger partial charge >= 0.3 is 0 Å². The summed E-state index contributed by atoms with van der Waals surface area (Å²) in [5, 5.41) is 7.29. The molecule has 4 rings (SSSR count). The van der Waals surface area contributed by atoms with Crippen molar-refractivity contribution in [2.75, 3.05) is 5.32 Å². The molecule has 0 aliphatic rings. The lowest BCUT2D eigenvalue weighted by Gasteiger charge is -2.07. The number of nitrogens with one attached hydrogen (secondary N) is 1. The molecule has 2 heterocycles. The van der Waals surface area contributed by atoms with Crippen LogP contribution in [0, 0.1) is 5.82 Å². The molecule has 0 bridgehead atoms. The van der Waals surface area contributed by atoms with Gasteiger partial charge in [0, 0.05) is 18.7 Å². The maximum atomic E-state index is 13.1. The summed E-state index contributed by atoms with van der Waals surface area (Å²) >= 11 is 0. The third-order valence-electron chi connectivity index (χ3n) is 4.26. The molecule has 0 saturated carbocycles. The Kier molecular flexibility index (Phi) is 4.67. The van der Waals surface area contributed by atoms with Crippen LogP contribution in [-0.4, -0.2) is 25.2 Å². The van der Waals surface area contributed by atoms with E-state index in [0.29, 0.717) is 22.4 Å². The highest BCUT2D eigenvalue weighted by Crippen LogP contribution is 2.14. The number of aryl methyl sites for hydroxylation is 1. The second-order valence-corrected chi connectivity index (χ2v) is 6.18. The minimum Gasteiger partial charge on any atom is -0.326 e. The summed E-state index contributed by atoms with van der Waals surface area (Å²) in [5.74, 6) is -0.551. The number of carbonyl (C=O) groups is 1. The number of halogens is 1. The Balaban J connectivity index is 1.53.